The Labute approximate surface area is 128 Å². The second-order valence-corrected chi connectivity index (χ2v) is 5.97. The number of nitrogens with one attached hydrogen (secondary N) is 1. The van der Waals surface area contributed by atoms with Gasteiger partial charge in [-0.15, -0.1) is 0 Å². The number of halogens is 1. The normalized spacial score (nSPS) is 22.4. The molecule has 1 N–H and O–H groups in total. The van der Waals surface area contributed by atoms with Gasteiger partial charge in [-0.2, -0.15) is 0 Å². The second kappa shape index (κ2) is 6.89. The summed E-state index contributed by atoms with van der Waals surface area (Å²) in [4.78, 5) is 22.6. The number of carbonyl (C=O) groups excluding carboxylic acids is 1. The van der Waals surface area contributed by atoms with E-state index in [9.17, 15) is 14.9 Å². The average molecular weight is 311 g/mol. The van der Waals surface area contributed by atoms with Gasteiger partial charge in [0.25, 0.3) is 11.6 Å². The molecule has 0 bridgehead atoms. The van der Waals surface area contributed by atoms with Crippen molar-refractivity contribution < 1.29 is 9.72 Å². The maximum Gasteiger partial charge on any atom is 0.288 e. The molecule has 0 heterocycles. The van der Waals surface area contributed by atoms with Gasteiger partial charge in [-0.1, -0.05) is 43.9 Å². The quantitative estimate of drug-likeness (QED) is 0.522. The molecule has 0 spiro atoms. The molecule has 1 aromatic carbocycles. The fraction of sp³-hybridized carbons (Fsp3) is 0.533. The molecule has 5 nitrogen and oxygen atoms in total. The van der Waals surface area contributed by atoms with E-state index in [0.29, 0.717) is 5.92 Å². The molecular weight excluding hydrogens is 292 g/mol. The SMILES string of the molecule is CC1CCCCCC1NC(=O)c1cccc([N+](=O)[O-])c1Cl. The van der Waals surface area contributed by atoms with Gasteiger partial charge in [0.05, 0.1) is 10.5 Å². The van der Waals surface area contributed by atoms with E-state index in [1.165, 1.54) is 31.0 Å². The minimum absolute atomic E-state index is 0.0960. The molecule has 1 aromatic rings. The summed E-state index contributed by atoms with van der Waals surface area (Å²) in [5.41, 5.74) is -0.0689. The van der Waals surface area contributed by atoms with E-state index >= 15 is 0 Å². The number of amides is 1. The largest absolute Gasteiger partial charge is 0.349 e. The molecule has 21 heavy (non-hydrogen) atoms. The zero-order valence-electron chi connectivity index (χ0n) is 12.0. The lowest BCUT2D eigenvalue weighted by Gasteiger charge is -2.23. The maximum atomic E-state index is 12.3. The van der Waals surface area contributed by atoms with E-state index < -0.39 is 4.92 Å². The third-order valence-electron chi connectivity index (χ3n) is 4.10. The van der Waals surface area contributed by atoms with Crippen LogP contribution in [0.2, 0.25) is 5.02 Å². The lowest BCUT2D eigenvalue weighted by atomic mass is 9.96. The van der Waals surface area contributed by atoms with Gasteiger partial charge in [-0.05, 0) is 24.8 Å². The number of hydrogen-bond donors (Lipinski definition) is 1. The minimum atomic E-state index is -0.576. The summed E-state index contributed by atoms with van der Waals surface area (Å²) in [6, 6.07) is 4.41. The van der Waals surface area contributed by atoms with Gasteiger partial charge in [0.15, 0.2) is 0 Å². The van der Waals surface area contributed by atoms with Crippen LogP contribution >= 0.6 is 11.6 Å². The molecule has 2 unspecified atom stereocenters. The summed E-state index contributed by atoms with van der Waals surface area (Å²) in [5.74, 6) is 0.0800. The van der Waals surface area contributed by atoms with E-state index in [-0.39, 0.29) is 28.2 Å². The Morgan fingerprint density at radius 1 is 1.33 bits per heavy atom. The zero-order valence-corrected chi connectivity index (χ0v) is 12.7. The highest BCUT2D eigenvalue weighted by Crippen LogP contribution is 2.28. The molecule has 1 aliphatic rings. The molecular formula is C15H19ClN2O3. The highest BCUT2D eigenvalue weighted by Gasteiger charge is 2.25. The van der Waals surface area contributed by atoms with Crippen LogP contribution in [0.1, 0.15) is 49.4 Å². The first-order valence-corrected chi connectivity index (χ1v) is 7.62. The predicted molar refractivity (Wildman–Crippen MR) is 81.6 cm³/mol. The summed E-state index contributed by atoms with van der Waals surface area (Å²) in [6.07, 6.45) is 5.50. The maximum absolute atomic E-state index is 12.3. The summed E-state index contributed by atoms with van der Waals surface area (Å²) in [6.45, 7) is 2.13. The molecule has 2 rings (SSSR count). The van der Waals surface area contributed by atoms with E-state index in [2.05, 4.69) is 12.2 Å². The number of rotatable bonds is 3. The highest BCUT2D eigenvalue weighted by molar-refractivity contribution is 6.35. The molecule has 2 atom stereocenters. The monoisotopic (exact) mass is 310 g/mol. The predicted octanol–water partition coefficient (Wildman–Crippen LogP) is 3.95. The Morgan fingerprint density at radius 3 is 2.76 bits per heavy atom. The third-order valence-corrected chi connectivity index (χ3v) is 4.49. The molecule has 114 valence electrons. The van der Waals surface area contributed by atoms with Crippen LogP contribution in [0.25, 0.3) is 0 Å². The Hall–Kier alpha value is -1.62. The summed E-state index contributed by atoms with van der Waals surface area (Å²) in [5, 5.41) is 13.8. The second-order valence-electron chi connectivity index (χ2n) is 5.59. The molecule has 1 saturated carbocycles. The Kier molecular flexibility index (Phi) is 5.17. The van der Waals surface area contributed by atoms with Crippen molar-refractivity contribution in [2.45, 2.75) is 45.1 Å². The molecule has 1 amide bonds. The van der Waals surface area contributed by atoms with E-state index in [1.807, 2.05) is 0 Å². The van der Waals surface area contributed by atoms with Crippen molar-refractivity contribution >= 4 is 23.2 Å². The fourth-order valence-electron chi connectivity index (χ4n) is 2.79. The van der Waals surface area contributed by atoms with Crippen LogP contribution in [-0.2, 0) is 0 Å². The van der Waals surface area contributed by atoms with Crippen LogP contribution in [-0.4, -0.2) is 16.9 Å². The number of nitrogens with zero attached hydrogens (tertiary/aromatic N) is 1. The van der Waals surface area contributed by atoms with Crippen molar-refractivity contribution in [2.75, 3.05) is 0 Å². The molecule has 0 aromatic heterocycles. The van der Waals surface area contributed by atoms with Gasteiger partial charge in [0, 0.05) is 12.1 Å². The number of hydrogen-bond acceptors (Lipinski definition) is 3. The number of carbonyl (C=O) groups is 1. The van der Waals surface area contributed by atoms with Crippen LogP contribution in [0.5, 0.6) is 0 Å². The van der Waals surface area contributed by atoms with Gasteiger partial charge >= 0.3 is 0 Å². The van der Waals surface area contributed by atoms with Crippen molar-refractivity contribution in [3.63, 3.8) is 0 Å². The number of nitro groups is 1. The van der Waals surface area contributed by atoms with Crippen LogP contribution in [0.3, 0.4) is 0 Å². The third kappa shape index (κ3) is 3.73. The standard InChI is InChI=1S/C15H19ClN2O3/c1-10-6-3-2-4-8-12(10)17-15(19)11-7-5-9-13(14(11)16)18(20)21/h5,7,9-10,12H,2-4,6,8H2,1H3,(H,17,19). The van der Waals surface area contributed by atoms with Crippen LogP contribution in [0.4, 0.5) is 5.69 Å². The first kappa shape index (κ1) is 15.8. The highest BCUT2D eigenvalue weighted by atomic mass is 35.5. The van der Waals surface area contributed by atoms with Crippen molar-refractivity contribution in [3.05, 3.63) is 38.9 Å². The lowest BCUT2D eigenvalue weighted by Crippen LogP contribution is -2.39. The first-order valence-electron chi connectivity index (χ1n) is 7.24. The van der Waals surface area contributed by atoms with Gasteiger partial charge in [-0.3, -0.25) is 14.9 Å². The summed E-state index contributed by atoms with van der Waals surface area (Å²) < 4.78 is 0. The van der Waals surface area contributed by atoms with Gasteiger partial charge < -0.3 is 5.32 Å². The summed E-state index contributed by atoms with van der Waals surface area (Å²) in [7, 11) is 0. The van der Waals surface area contributed by atoms with E-state index in [0.717, 1.165) is 19.3 Å². The first-order chi connectivity index (χ1) is 10.0. The minimum Gasteiger partial charge on any atom is -0.349 e. The summed E-state index contributed by atoms with van der Waals surface area (Å²) >= 11 is 5.98. The number of benzene rings is 1. The van der Waals surface area contributed by atoms with Crippen LogP contribution < -0.4 is 5.32 Å². The smallest absolute Gasteiger partial charge is 0.288 e. The Bertz CT molecular complexity index is 548. The lowest BCUT2D eigenvalue weighted by molar-refractivity contribution is -0.384. The van der Waals surface area contributed by atoms with Crippen molar-refractivity contribution in [2.24, 2.45) is 5.92 Å². The average Bonchev–Trinajstić information content (AvgIpc) is 2.64. The van der Waals surface area contributed by atoms with Crippen molar-refractivity contribution in [3.8, 4) is 0 Å². The topological polar surface area (TPSA) is 72.2 Å². The van der Waals surface area contributed by atoms with Crippen molar-refractivity contribution in [1.29, 1.82) is 0 Å². The fourth-order valence-corrected chi connectivity index (χ4v) is 3.07. The Morgan fingerprint density at radius 2 is 2.05 bits per heavy atom. The molecule has 1 fully saturated rings. The van der Waals surface area contributed by atoms with Crippen molar-refractivity contribution in [1.82, 2.24) is 5.32 Å². The van der Waals surface area contributed by atoms with E-state index in [4.69, 9.17) is 11.6 Å². The van der Waals surface area contributed by atoms with Crippen LogP contribution in [0.15, 0.2) is 18.2 Å². The Balaban J connectivity index is 2.16. The van der Waals surface area contributed by atoms with Crippen LogP contribution in [0, 0.1) is 16.0 Å². The molecule has 0 radical (unpaired) electrons. The number of nitro benzene ring substituents is 1. The van der Waals surface area contributed by atoms with E-state index in [1.54, 1.807) is 0 Å². The molecule has 0 saturated heterocycles. The molecule has 6 heteroatoms. The van der Waals surface area contributed by atoms with Gasteiger partial charge in [0.2, 0.25) is 0 Å². The molecule has 0 aliphatic heterocycles. The van der Waals surface area contributed by atoms with Gasteiger partial charge in [-0.25, -0.2) is 0 Å². The molecule has 1 aliphatic carbocycles. The van der Waals surface area contributed by atoms with Gasteiger partial charge in [0.1, 0.15) is 5.02 Å². The zero-order chi connectivity index (χ0) is 15.4.